The van der Waals surface area contributed by atoms with Crippen LogP contribution >= 0.6 is 15.9 Å². The van der Waals surface area contributed by atoms with E-state index in [4.69, 9.17) is 4.98 Å². The van der Waals surface area contributed by atoms with Gasteiger partial charge >= 0.3 is 0 Å². The molecule has 3 nitrogen and oxygen atoms in total. The Kier molecular flexibility index (Phi) is 4.20. The molecule has 0 spiro atoms. The SMILES string of the molecule is Cc1cccc(Nc2nc(-c3ccccc3)c3cc(Br)ccc3n2)c1. The highest BCUT2D eigenvalue weighted by molar-refractivity contribution is 9.10. The second-order valence-electron chi connectivity index (χ2n) is 5.92. The van der Waals surface area contributed by atoms with E-state index in [1.807, 2.05) is 42.5 Å². The van der Waals surface area contributed by atoms with Crippen LogP contribution in [0.3, 0.4) is 0 Å². The lowest BCUT2D eigenvalue weighted by Crippen LogP contribution is -2.00. The molecular formula is C21H16BrN3. The average Bonchev–Trinajstić information content (AvgIpc) is 2.62. The topological polar surface area (TPSA) is 37.8 Å². The predicted octanol–water partition coefficient (Wildman–Crippen LogP) is 6.11. The highest BCUT2D eigenvalue weighted by atomic mass is 79.9. The fourth-order valence-corrected chi connectivity index (χ4v) is 3.19. The van der Waals surface area contributed by atoms with Crippen molar-refractivity contribution in [2.24, 2.45) is 0 Å². The van der Waals surface area contributed by atoms with E-state index >= 15 is 0 Å². The summed E-state index contributed by atoms with van der Waals surface area (Å²) in [4.78, 5) is 9.48. The van der Waals surface area contributed by atoms with Gasteiger partial charge in [0.1, 0.15) is 0 Å². The van der Waals surface area contributed by atoms with Crippen LogP contribution in [0.4, 0.5) is 11.6 Å². The largest absolute Gasteiger partial charge is 0.324 e. The van der Waals surface area contributed by atoms with E-state index in [0.29, 0.717) is 5.95 Å². The number of hydrogen-bond donors (Lipinski definition) is 1. The molecule has 122 valence electrons. The van der Waals surface area contributed by atoms with Crippen molar-refractivity contribution in [2.75, 3.05) is 5.32 Å². The minimum atomic E-state index is 0.597. The van der Waals surface area contributed by atoms with Gasteiger partial charge in [0.25, 0.3) is 0 Å². The molecule has 0 amide bonds. The van der Waals surface area contributed by atoms with Gasteiger partial charge in [-0.05, 0) is 42.8 Å². The second kappa shape index (κ2) is 6.65. The molecule has 0 unspecified atom stereocenters. The van der Waals surface area contributed by atoms with Crippen LogP contribution in [0.1, 0.15) is 5.56 Å². The molecule has 0 saturated carbocycles. The van der Waals surface area contributed by atoms with Crippen LogP contribution in [0.25, 0.3) is 22.2 Å². The molecule has 1 N–H and O–H groups in total. The number of aryl methyl sites for hydroxylation is 1. The van der Waals surface area contributed by atoms with Crippen molar-refractivity contribution in [3.05, 3.63) is 82.8 Å². The van der Waals surface area contributed by atoms with Crippen LogP contribution in [-0.2, 0) is 0 Å². The number of nitrogens with one attached hydrogen (secondary N) is 1. The van der Waals surface area contributed by atoms with Crippen molar-refractivity contribution >= 4 is 38.5 Å². The Morgan fingerprint density at radius 2 is 1.68 bits per heavy atom. The summed E-state index contributed by atoms with van der Waals surface area (Å²) in [6, 6.07) is 24.5. The third kappa shape index (κ3) is 3.39. The number of anilines is 2. The van der Waals surface area contributed by atoms with Crippen molar-refractivity contribution in [1.29, 1.82) is 0 Å². The van der Waals surface area contributed by atoms with Crippen LogP contribution in [-0.4, -0.2) is 9.97 Å². The van der Waals surface area contributed by atoms with Gasteiger partial charge in [-0.3, -0.25) is 0 Å². The first-order chi connectivity index (χ1) is 12.2. The molecule has 0 saturated heterocycles. The van der Waals surface area contributed by atoms with E-state index < -0.39 is 0 Å². The number of benzene rings is 3. The lowest BCUT2D eigenvalue weighted by molar-refractivity contribution is 1.21. The van der Waals surface area contributed by atoms with E-state index in [0.717, 1.165) is 32.3 Å². The first kappa shape index (κ1) is 15.8. The normalized spacial score (nSPS) is 10.8. The predicted molar refractivity (Wildman–Crippen MR) is 107 cm³/mol. The number of nitrogens with zero attached hydrogens (tertiary/aromatic N) is 2. The molecule has 0 aliphatic heterocycles. The Bertz CT molecular complexity index is 1050. The van der Waals surface area contributed by atoms with Gasteiger partial charge in [-0.2, -0.15) is 0 Å². The second-order valence-corrected chi connectivity index (χ2v) is 6.83. The molecule has 4 heteroatoms. The lowest BCUT2D eigenvalue weighted by atomic mass is 10.1. The van der Waals surface area contributed by atoms with Gasteiger partial charge in [0.15, 0.2) is 0 Å². The van der Waals surface area contributed by atoms with Crippen molar-refractivity contribution in [3.63, 3.8) is 0 Å². The first-order valence-corrected chi connectivity index (χ1v) is 8.85. The molecule has 0 aliphatic carbocycles. The zero-order valence-corrected chi connectivity index (χ0v) is 15.3. The van der Waals surface area contributed by atoms with Crippen molar-refractivity contribution in [3.8, 4) is 11.3 Å². The molecule has 1 heterocycles. The molecule has 0 atom stereocenters. The lowest BCUT2D eigenvalue weighted by Gasteiger charge is -2.11. The van der Waals surface area contributed by atoms with E-state index in [1.165, 1.54) is 5.56 Å². The smallest absolute Gasteiger partial charge is 0.228 e. The monoisotopic (exact) mass is 389 g/mol. The molecule has 4 aromatic rings. The quantitative estimate of drug-likeness (QED) is 0.459. The number of fused-ring (bicyclic) bond motifs is 1. The Morgan fingerprint density at radius 1 is 0.840 bits per heavy atom. The van der Waals surface area contributed by atoms with Crippen LogP contribution in [0.15, 0.2) is 77.3 Å². The van der Waals surface area contributed by atoms with E-state index in [-0.39, 0.29) is 0 Å². The first-order valence-electron chi connectivity index (χ1n) is 8.05. The summed E-state index contributed by atoms with van der Waals surface area (Å²) in [5, 5.41) is 4.35. The molecule has 1 aromatic heterocycles. The highest BCUT2D eigenvalue weighted by Crippen LogP contribution is 2.30. The molecule has 0 bridgehead atoms. The number of hydrogen-bond acceptors (Lipinski definition) is 3. The third-order valence-electron chi connectivity index (χ3n) is 3.98. The van der Waals surface area contributed by atoms with Gasteiger partial charge in [0, 0.05) is 21.1 Å². The molecule has 0 aliphatic rings. The zero-order chi connectivity index (χ0) is 17.2. The molecule has 3 aromatic carbocycles. The van der Waals surface area contributed by atoms with E-state index in [2.05, 4.69) is 63.5 Å². The van der Waals surface area contributed by atoms with Gasteiger partial charge in [-0.25, -0.2) is 9.97 Å². The van der Waals surface area contributed by atoms with Crippen molar-refractivity contribution in [1.82, 2.24) is 9.97 Å². The fraction of sp³-hybridized carbons (Fsp3) is 0.0476. The third-order valence-corrected chi connectivity index (χ3v) is 4.47. The number of halogens is 1. The van der Waals surface area contributed by atoms with Gasteiger partial charge in [0.05, 0.1) is 11.2 Å². The average molecular weight is 390 g/mol. The Morgan fingerprint density at radius 3 is 2.48 bits per heavy atom. The summed E-state index contributed by atoms with van der Waals surface area (Å²) in [7, 11) is 0. The number of aromatic nitrogens is 2. The molecule has 0 radical (unpaired) electrons. The minimum absolute atomic E-state index is 0.597. The van der Waals surface area contributed by atoms with Gasteiger partial charge in [-0.1, -0.05) is 58.4 Å². The maximum absolute atomic E-state index is 4.79. The Labute approximate surface area is 154 Å². The molecule has 0 fully saturated rings. The maximum atomic E-state index is 4.79. The summed E-state index contributed by atoms with van der Waals surface area (Å²) in [6.07, 6.45) is 0. The van der Waals surface area contributed by atoms with Gasteiger partial charge in [-0.15, -0.1) is 0 Å². The van der Waals surface area contributed by atoms with Gasteiger partial charge in [0.2, 0.25) is 5.95 Å². The minimum Gasteiger partial charge on any atom is -0.324 e. The summed E-state index contributed by atoms with van der Waals surface area (Å²) in [5.41, 5.74) is 5.07. The van der Waals surface area contributed by atoms with Crippen molar-refractivity contribution in [2.45, 2.75) is 6.92 Å². The fourth-order valence-electron chi connectivity index (χ4n) is 2.82. The van der Waals surface area contributed by atoms with Crippen molar-refractivity contribution < 1.29 is 0 Å². The van der Waals surface area contributed by atoms with Crippen LogP contribution in [0, 0.1) is 6.92 Å². The van der Waals surface area contributed by atoms with Crippen LogP contribution in [0.2, 0.25) is 0 Å². The molecule has 4 rings (SSSR count). The molecular weight excluding hydrogens is 374 g/mol. The molecule has 25 heavy (non-hydrogen) atoms. The summed E-state index contributed by atoms with van der Waals surface area (Å²) >= 11 is 3.55. The highest BCUT2D eigenvalue weighted by Gasteiger charge is 2.10. The van der Waals surface area contributed by atoms with Crippen LogP contribution in [0.5, 0.6) is 0 Å². The zero-order valence-electron chi connectivity index (χ0n) is 13.7. The van der Waals surface area contributed by atoms with Crippen LogP contribution < -0.4 is 5.32 Å². The standard InChI is InChI=1S/C21H16BrN3/c1-14-6-5-9-17(12-14)23-21-24-19-11-10-16(22)13-18(19)20(25-21)15-7-3-2-4-8-15/h2-13H,1H3,(H,23,24,25). The summed E-state index contributed by atoms with van der Waals surface area (Å²) in [5.74, 6) is 0.597. The number of rotatable bonds is 3. The Balaban J connectivity index is 1.88. The summed E-state index contributed by atoms with van der Waals surface area (Å²) in [6.45, 7) is 2.07. The maximum Gasteiger partial charge on any atom is 0.228 e. The van der Waals surface area contributed by atoms with E-state index in [9.17, 15) is 0 Å². The van der Waals surface area contributed by atoms with Gasteiger partial charge < -0.3 is 5.32 Å². The Hall–Kier alpha value is -2.72. The summed E-state index contributed by atoms with van der Waals surface area (Å²) < 4.78 is 1.01. The van der Waals surface area contributed by atoms with E-state index in [1.54, 1.807) is 0 Å².